The van der Waals surface area contributed by atoms with E-state index >= 15 is 0 Å². The smallest absolute Gasteiger partial charge is 0.163 e. The minimum Gasteiger partial charge on any atom is -0.378 e. The predicted octanol–water partition coefficient (Wildman–Crippen LogP) is 5.07. The van der Waals surface area contributed by atoms with Crippen LogP contribution in [0, 0.1) is 0 Å². The summed E-state index contributed by atoms with van der Waals surface area (Å²) in [6.45, 7) is 2.85. The Balaban J connectivity index is 1.54. The summed E-state index contributed by atoms with van der Waals surface area (Å²) in [7, 11) is 1.81. The molecular weight excluding hydrogens is 352 g/mol. The largest absolute Gasteiger partial charge is 0.378 e. The number of methoxy groups -OCH3 is 1. The molecule has 0 bridgehead atoms. The zero-order valence-electron chi connectivity index (χ0n) is 14.5. The number of Topliss-reactive ketones (excluding diaryl/α,β-unsaturated/α-hetero) is 1. The number of carbonyl (C=O) groups excluding carboxylic acids is 1. The number of rotatable bonds is 4. The maximum Gasteiger partial charge on any atom is 0.163 e. The van der Waals surface area contributed by atoms with Crippen LogP contribution in [0.5, 0.6) is 0 Å². The van der Waals surface area contributed by atoms with Gasteiger partial charge in [0.15, 0.2) is 5.78 Å². The van der Waals surface area contributed by atoms with Gasteiger partial charge in [0.2, 0.25) is 0 Å². The Labute approximate surface area is 156 Å². The molecule has 0 spiro atoms. The van der Waals surface area contributed by atoms with Crippen LogP contribution in [0.15, 0.2) is 38.8 Å². The number of ketones is 1. The van der Waals surface area contributed by atoms with Crippen LogP contribution >= 0.6 is 23.1 Å². The van der Waals surface area contributed by atoms with Crippen molar-refractivity contribution in [2.24, 2.45) is 0 Å². The third kappa shape index (κ3) is 3.31. The van der Waals surface area contributed by atoms with E-state index < -0.39 is 0 Å². The first kappa shape index (κ1) is 17.3. The van der Waals surface area contributed by atoms with E-state index in [4.69, 9.17) is 9.47 Å². The average Bonchev–Trinajstić information content (AvgIpc) is 3.22. The van der Waals surface area contributed by atoms with E-state index in [0.29, 0.717) is 6.42 Å². The fraction of sp³-hybridized carbons (Fsp3) is 0.450. The fourth-order valence-electron chi connectivity index (χ4n) is 3.84. The summed E-state index contributed by atoms with van der Waals surface area (Å²) in [4.78, 5) is 13.0. The third-order valence-electron chi connectivity index (χ3n) is 5.23. The molecule has 4 rings (SSSR count). The minimum absolute atomic E-state index is 0.221. The van der Waals surface area contributed by atoms with Crippen LogP contribution in [0.25, 0.3) is 0 Å². The molecule has 5 heteroatoms. The van der Waals surface area contributed by atoms with Crippen molar-refractivity contribution in [3.63, 3.8) is 0 Å². The molecule has 0 saturated carbocycles. The Kier molecular flexibility index (Phi) is 4.75. The normalized spacial score (nSPS) is 26.0. The summed E-state index contributed by atoms with van der Waals surface area (Å²) < 4.78 is 12.9. The van der Waals surface area contributed by atoms with Crippen molar-refractivity contribution < 1.29 is 14.3 Å². The number of aryl methyl sites for hydroxylation is 1. The van der Waals surface area contributed by atoms with Crippen LogP contribution in [-0.4, -0.2) is 25.6 Å². The first-order valence-corrected chi connectivity index (χ1v) is 10.4. The molecule has 0 unspecified atom stereocenters. The highest BCUT2D eigenvalue weighted by atomic mass is 32.2. The van der Waals surface area contributed by atoms with E-state index in [0.717, 1.165) is 31.4 Å². The molecule has 1 aliphatic heterocycles. The van der Waals surface area contributed by atoms with Gasteiger partial charge in [-0.2, -0.15) is 0 Å². The van der Waals surface area contributed by atoms with Gasteiger partial charge in [-0.05, 0) is 48.1 Å². The predicted molar refractivity (Wildman–Crippen MR) is 101 cm³/mol. The lowest BCUT2D eigenvalue weighted by molar-refractivity contribution is -0.122. The molecule has 2 atom stereocenters. The van der Waals surface area contributed by atoms with E-state index in [-0.39, 0.29) is 17.5 Å². The van der Waals surface area contributed by atoms with Crippen LogP contribution < -0.4 is 0 Å². The number of hydrogen-bond donors (Lipinski definition) is 0. The SMILES string of the molecule is CO[C@]1(c2csc(Sc3ccc4c(c3)CCC4=O)c2)CCO[C@@H](C)C1. The molecule has 1 saturated heterocycles. The quantitative estimate of drug-likeness (QED) is 0.748. The van der Waals surface area contributed by atoms with Gasteiger partial charge in [-0.3, -0.25) is 4.79 Å². The second kappa shape index (κ2) is 6.88. The molecule has 1 fully saturated rings. The third-order valence-corrected chi connectivity index (χ3v) is 7.30. The van der Waals surface area contributed by atoms with Gasteiger partial charge < -0.3 is 9.47 Å². The molecule has 2 aromatic rings. The molecule has 0 N–H and O–H groups in total. The second-order valence-electron chi connectivity index (χ2n) is 6.83. The average molecular weight is 375 g/mol. The number of benzene rings is 1. The monoisotopic (exact) mass is 374 g/mol. The molecule has 1 aliphatic carbocycles. The van der Waals surface area contributed by atoms with Crippen molar-refractivity contribution in [3.8, 4) is 0 Å². The van der Waals surface area contributed by atoms with Crippen molar-refractivity contribution in [2.45, 2.75) is 53.4 Å². The van der Waals surface area contributed by atoms with Gasteiger partial charge in [0, 0.05) is 36.8 Å². The summed E-state index contributed by atoms with van der Waals surface area (Å²) in [5, 5.41) is 2.22. The second-order valence-corrected chi connectivity index (χ2v) is 9.12. The lowest BCUT2D eigenvalue weighted by Gasteiger charge is -2.38. The highest BCUT2D eigenvalue weighted by Gasteiger charge is 2.38. The summed E-state index contributed by atoms with van der Waals surface area (Å²) in [5.74, 6) is 0.278. The Hall–Kier alpha value is -1.14. The number of carbonyl (C=O) groups is 1. The van der Waals surface area contributed by atoms with Crippen LogP contribution in [0.3, 0.4) is 0 Å². The maximum atomic E-state index is 11.8. The fourth-order valence-corrected chi connectivity index (χ4v) is 5.94. The van der Waals surface area contributed by atoms with Gasteiger partial charge in [0.1, 0.15) is 0 Å². The Morgan fingerprint density at radius 2 is 2.20 bits per heavy atom. The molecule has 25 heavy (non-hydrogen) atoms. The lowest BCUT2D eigenvalue weighted by atomic mass is 9.85. The van der Waals surface area contributed by atoms with Crippen molar-refractivity contribution in [1.29, 1.82) is 0 Å². The Morgan fingerprint density at radius 3 is 3.00 bits per heavy atom. The van der Waals surface area contributed by atoms with E-state index in [1.165, 1.54) is 20.2 Å². The molecular formula is C20H22O3S2. The molecule has 0 radical (unpaired) electrons. The lowest BCUT2D eigenvalue weighted by Crippen LogP contribution is -2.38. The molecule has 2 heterocycles. The topological polar surface area (TPSA) is 35.5 Å². The number of thiophene rings is 1. The van der Waals surface area contributed by atoms with Crippen LogP contribution in [0.2, 0.25) is 0 Å². The van der Waals surface area contributed by atoms with Crippen molar-refractivity contribution in [2.75, 3.05) is 13.7 Å². The molecule has 3 nitrogen and oxygen atoms in total. The molecule has 0 amide bonds. The van der Waals surface area contributed by atoms with Gasteiger partial charge in [-0.15, -0.1) is 11.3 Å². The Morgan fingerprint density at radius 1 is 1.32 bits per heavy atom. The summed E-state index contributed by atoms with van der Waals surface area (Å²) in [6, 6.07) is 8.48. The number of fused-ring (bicyclic) bond motifs is 1. The van der Waals surface area contributed by atoms with E-state index in [9.17, 15) is 4.79 Å². The van der Waals surface area contributed by atoms with Crippen molar-refractivity contribution in [3.05, 3.63) is 46.3 Å². The zero-order chi connectivity index (χ0) is 17.4. The van der Waals surface area contributed by atoms with Crippen LogP contribution in [-0.2, 0) is 21.5 Å². The molecule has 2 aliphatic rings. The summed E-state index contributed by atoms with van der Waals surface area (Å²) in [5.41, 5.74) is 3.13. The van der Waals surface area contributed by atoms with Crippen molar-refractivity contribution in [1.82, 2.24) is 0 Å². The number of ether oxygens (including phenoxy) is 2. The maximum absolute atomic E-state index is 11.8. The highest BCUT2D eigenvalue weighted by Crippen LogP contribution is 2.43. The summed E-state index contributed by atoms with van der Waals surface area (Å²) in [6.07, 6.45) is 3.55. The Bertz CT molecular complexity index is 798. The molecule has 1 aromatic heterocycles. The van der Waals surface area contributed by atoms with Gasteiger partial charge in [0.25, 0.3) is 0 Å². The molecule has 132 valence electrons. The first-order chi connectivity index (χ1) is 12.1. The van der Waals surface area contributed by atoms with Crippen molar-refractivity contribution >= 4 is 28.9 Å². The first-order valence-electron chi connectivity index (χ1n) is 8.69. The highest BCUT2D eigenvalue weighted by molar-refractivity contribution is 8.01. The van der Waals surface area contributed by atoms with Gasteiger partial charge in [-0.1, -0.05) is 17.8 Å². The van der Waals surface area contributed by atoms with Gasteiger partial charge >= 0.3 is 0 Å². The van der Waals surface area contributed by atoms with E-state index in [1.807, 2.05) is 6.07 Å². The van der Waals surface area contributed by atoms with E-state index in [2.05, 4.69) is 30.5 Å². The van der Waals surface area contributed by atoms with Crippen LogP contribution in [0.4, 0.5) is 0 Å². The van der Waals surface area contributed by atoms with E-state index in [1.54, 1.807) is 30.2 Å². The number of hydrogen-bond acceptors (Lipinski definition) is 5. The summed E-state index contributed by atoms with van der Waals surface area (Å²) >= 11 is 3.53. The van der Waals surface area contributed by atoms with Gasteiger partial charge in [-0.25, -0.2) is 0 Å². The van der Waals surface area contributed by atoms with Crippen LogP contribution in [0.1, 0.15) is 47.7 Å². The van der Waals surface area contributed by atoms with Gasteiger partial charge in [0.05, 0.1) is 22.5 Å². The minimum atomic E-state index is -0.225. The standard InChI is InChI=1S/C20H22O3S2/c1-13-11-20(22-2,7-8-23-13)15-10-19(24-12-15)25-16-4-5-17-14(9-16)3-6-18(17)21/h4-5,9-10,12-13H,3,6-8,11H2,1-2H3/t13-,20+/m0/s1. The molecule has 1 aromatic carbocycles. The zero-order valence-corrected chi connectivity index (χ0v) is 16.2.